The van der Waals surface area contributed by atoms with Crippen molar-refractivity contribution >= 4 is 12.2 Å². The molecule has 2 heterocycles. The molecule has 2 aromatic carbocycles. The van der Waals surface area contributed by atoms with E-state index in [2.05, 4.69) is 48.2 Å². The lowest BCUT2D eigenvalue weighted by Crippen LogP contribution is -2.27. The van der Waals surface area contributed by atoms with Gasteiger partial charge in [-0.2, -0.15) is 5.10 Å². The van der Waals surface area contributed by atoms with Crippen molar-refractivity contribution in [2.45, 2.75) is 32.5 Å². The van der Waals surface area contributed by atoms with Crippen LogP contribution in [0.1, 0.15) is 30.0 Å². The second kappa shape index (κ2) is 7.89. The fourth-order valence-electron chi connectivity index (χ4n) is 3.99. The molecule has 3 aromatic rings. The van der Waals surface area contributed by atoms with Crippen molar-refractivity contribution in [3.05, 3.63) is 64.4 Å². The maximum atomic E-state index is 5.69. The molecule has 4 rings (SSSR count). The van der Waals surface area contributed by atoms with Gasteiger partial charge in [0.1, 0.15) is 5.75 Å². The van der Waals surface area contributed by atoms with Crippen molar-refractivity contribution in [3.8, 4) is 17.1 Å². The maximum absolute atomic E-state index is 5.69. The Morgan fingerprint density at radius 3 is 2.68 bits per heavy atom. The van der Waals surface area contributed by atoms with Gasteiger partial charge in [0.15, 0.2) is 10.6 Å². The molecule has 1 aliphatic rings. The van der Waals surface area contributed by atoms with Crippen molar-refractivity contribution < 1.29 is 4.74 Å². The van der Waals surface area contributed by atoms with Crippen LogP contribution in [0.3, 0.4) is 0 Å². The Balaban J connectivity index is 1.59. The molecule has 1 fully saturated rings. The minimum absolute atomic E-state index is 0.386. The van der Waals surface area contributed by atoms with Crippen molar-refractivity contribution in [1.29, 1.82) is 0 Å². The minimum Gasteiger partial charge on any atom is -0.497 e. The van der Waals surface area contributed by atoms with Gasteiger partial charge in [-0.1, -0.05) is 35.9 Å². The van der Waals surface area contributed by atoms with E-state index in [-0.39, 0.29) is 0 Å². The minimum atomic E-state index is 0.386. The molecule has 0 amide bonds. The highest BCUT2D eigenvalue weighted by atomic mass is 32.1. The zero-order valence-corrected chi connectivity index (χ0v) is 17.4. The van der Waals surface area contributed by atoms with E-state index in [4.69, 9.17) is 22.1 Å². The third kappa shape index (κ3) is 3.62. The number of methoxy groups -OCH3 is 1. The molecule has 1 aromatic heterocycles. The molecular weight excluding hydrogens is 368 g/mol. The van der Waals surface area contributed by atoms with E-state index in [0.29, 0.717) is 12.7 Å². The molecule has 0 saturated carbocycles. The van der Waals surface area contributed by atoms with E-state index in [9.17, 15) is 0 Å². The number of aromatic nitrogens is 3. The van der Waals surface area contributed by atoms with E-state index in [1.54, 1.807) is 7.11 Å². The molecule has 1 saturated heterocycles. The third-order valence-corrected chi connectivity index (χ3v) is 5.98. The van der Waals surface area contributed by atoms with Crippen LogP contribution in [0.25, 0.3) is 11.4 Å². The predicted octanol–water partition coefficient (Wildman–Crippen LogP) is 4.73. The summed E-state index contributed by atoms with van der Waals surface area (Å²) >= 11 is 5.69. The molecule has 146 valence electrons. The first kappa shape index (κ1) is 18.9. The van der Waals surface area contributed by atoms with Crippen molar-refractivity contribution in [3.63, 3.8) is 0 Å². The molecule has 0 bridgehead atoms. The van der Waals surface area contributed by atoms with E-state index in [1.807, 2.05) is 28.4 Å². The lowest BCUT2D eigenvalue weighted by atomic mass is 10.0. The fourth-order valence-corrected chi connectivity index (χ4v) is 4.17. The van der Waals surface area contributed by atoms with Gasteiger partial charge >= 0.3 is 0 Å². The van der Waals surface area contributed by atoms with Crippen molar-refractivity contribution in [2.24, 2.45) is 7.05 Å². The van der Waals surface area contributed by atoms with Gasteiger partial charge in [-0.3, -0.25) is 4.90 Å². The highest BCUT2D eigenvalue weighted by Crippen LogP contribution is 2.33. The molecule has 0 spiro atoms. The highest BCUT2D eigenvalue weighted by Gasteiger charge is 2.27. The molecule has 5 nitrogen and oxygen atoms in total. The summed E-state index contributed by atoms with van der Waals surface area (Å²) in [7, 11) is 3.69. The summed E-state index contributed by atoms with van der Waals surface area (Å²) in [5, 5.41) is 4.85. The lowest BCUT2D eigenvalue weighted by molar-refractivity contribution is 0.190. The van der Waals surface area contributed by atoms with E-state index in [0.717, 1.165) is 34.9 Å². The standard InChI is InChI=1S/C22H26N4OS/c1-16-6-4-7-18(14-16)21-23-26(22(28)24(21)2)15-25-13-5-8-20(25)17-9-11-19(27-3)12-10-17/h4,6-7,9-12,14,20H,5,8,13,15H2,1-3H3/t20-/m0/s1. The number of ether oxygens (including phenoxy) is 1. The first-order valence-corrected chi connectivity index (χ1v) is 10.1. The molecule has 0 unspecified atom stereocenters. The topological polar surface area (TPSA) is 35.2 Å². The van der Waals surface area contributed by atoms with Crippen LogP contribution in [0, 0.1) is 11.7 Å². The Morgan fingerprint density at radius 2 is 1.96 bits per heavy atom. The van der Waals surface area contributed by atoms with Crippen molar-refractivity contribution in [1.82, 2.24) is 19.2 Å². The maximum Gasteiger partial charge on any atom is 0.199 e. The van der Waals surface area contributed by atoms with Gasteiger partial charge in [-0.05, 0) is 55.7 Å². The predicted molar refractivity (Wildman–Crippen MR) is 114 cm³/mol. The van der Waals surface area contributed by atoms with Crippen LogP contribution in [0.5, 0.6) is 5.75 Å². The molecule has 1 atom stereocenters. The van der Waals surface area contributed by atoms with Crippen LogP contribution in [-0.4, -0.2) is 32.9 Å². The number of likely N-dealkylation sites (tertiary alicyclic amines) is 1. The fraction of sp³-hybridized carbons (Fsp3) is 0.364. The Labute approximate surface area is 171 Å². The zero-order valence-electron chi connectivity index (χ0n) is 16.6. The van der Waals surface area contributed by atoms with Gasteiger partial charge in [-0.15, -0.1) is 0 Å². The van der Waals surface area contributed by atoms with Gasteiger partial charge in [0, 0.05) is 25.2 Å². The Kier molecular flexibility index (Phi) is 5.33. The van der Waals surface area contributed by atoms with Crippen LogP contribution in [0.2, 0.25) is 0 Å². The summed E-state index contributed by atoms with van der Waals surface area (Å²) in [6.07, 6.45) is 2.33. The number of hydrogen-bond acceptors (Lipinski definition) is 4. The summed E-state index contributed by atoms with van der Waals surface area (Å²) < 4.78 is 10.00. The summed E-state index contributed by atoms with van der Waals surface area (Å²) in [6.45, 7) is 3.85. The van der Waals surface area contributed by atoms with Gasteiger partial charge in [0.2, 0.25) is 0 Å². The van der Waals surface area contributed by atoms with Crippen LogP contribution in [-0.2, 0) is 13.7 Å². The van der Waals surface area contributed by atoms with E-state index in [1.165, 1.54) is 17.5 Å². The second-order valence-electron chi connectivity index (χ2n) is 7.42. The van der Waals surface area contributed by atoms with Gasteiger partial charge in [0.25, 0.3) is 0 Å². The number of rotatable bonds is 5. The second-order valence-corrected chi connectivity index (χ2v) is 7.78. The van der Waals surface area contributed by atoms with E-state index >= 15 is 0 Å². The summed E-state index contributed by atoms with van der Waals surface area (Å²) in [4.78, 5) is 2.46. The van der Waals surface area contributed by atoms with Gasteiger partial charge in [-0.25, -0.2) is 4.68 Å². The molecular formula is C22H26N4OS. The molecule has 0 aliphatic carbocycles. The first-order chi connectivity index (χ1) is 13.6. The molecule has 6 heteroatoms. The normalized spacial score (nSPS) is 17.2. The average Bonchev–Trinajstić information content (AvgIpc) is 3.28. The molecule has 28 heavy (non-hydrogen) atoms. The quantitative estimate of drug-likeness (QED) is 0.586. The molecule has 0 N–H and O–H groups in total. The lowest BCUT2D eigenvalue weighted by Gasteiger charge is -2.24. The highest BCUT2D eigenvalue weighted by molar-refractivity contribution is 7.71. The first-order valence-electron chi connectivity index (χ1n) is 9.65. The number of benzene rings is 2. The van der Waals surface area contributed by atoms with Crippen LogP contribution < -0.4 is 4.74 Å². The Morgan fingerprint density at radius 1 is 1.18 bits per heavy atom. The summed E-state index contributed by atoms with van der Waals surface area (Å²) in [5.41, 5.74) is 3.64. The Hall–Kier alpha value is -2.44. The summed E-state index contributed by atoms with van der Waals surface area (Å²) in [5.74, 6) is 1.80. The zero-order chi connectivity index (χ0) is 19.7. The summed E-state index contributed by atoms with van der Waals surface area (Å²) in [6, 6.07) is 17.2. The number of hydrogen-bond donors (Lipinski definition) is 0. The van der Waals surface area contributed by atoms with Crippen LogP contribution >= 0.6 is 12.2 Å². The number of nitrogens with zero attached hydrogens (tertiary/aromatic N) is 4. The van der Waals surface area contributed by atoms with E-state index < -0.39 is 0 Å². The SMILES string of the molecule is COc1ccc([C@@H]2CCCN2Cn2nc(-c3cccc(C)c3)n(C)c2=S)cc1. The molecule has 0 radical (unpaired) electrons. The number of aryl methyl sites for hydroxylation is 1. The monoisotopic (exact) mass is 394 g/mol. The van der Waals surface area contributed by atoms with Gasteiger partial charge < -0.3 is 9.30 Å². The van der Waals surface area contributed by atoms with Crippen LogP contribution in [0.4, 0.5) is 0 Å². The average molecular weight is 395 g/mol. The smallest absolute Gasteiger partial charge is 0.199 e. The molecule has 1 aliphatic heterocycles. The van der Waals surface area contributed by atoms with Crippen LogP contribution in [0.15, 0.2) is 48.5 Å². The van der Waals surface area contributed by atoms with Crippen molar-refractivity contribution in [2.75, 3.05) is 13.7 Å². The van der Waals surface area contributed by atoms with Gasteiger partial charge in [0.05, 0.1) is 13.8 Å². The Bertz CT molecular complexity index is 1020. The third-order valence-electron chi connectivity index (χ3n) is 5.50. The largest absolute Gasteiger partial charge is 0.497 e.